The van der Waals surface area contributed by atoms with Gasteiger partial charge in [0, 0.05) is 19.7 Å². The van der Waals surface area contributed by atoms with Crippen LogP contribution < -0.4 is 10.1 Å². The summed E-state index contributed by atoms with van der Waals surface area (Å²) >= 11 is 0. The van der Waals surface area contributed by atoms with E-state index in [0.717, 1.165) is 0 Å². The van der Waals surface area contributed by atoms with Crippen LogP contribution in [0.4, 0.5) is 0 Å². The average Bonchev–Trinajstić information content (AvgIpc) is 2.44. The van der Waals surface area contributed by atoms with Crippen LogP contribution in [0.15, 0.2) is 18.2 Å². The summed E-state index contributed by atoms with van der Waals surface area (Å²) in [4.78, 5) is 25.1. The second-order valence-corrected chi connectivity index (χ2v) is 5.24. The van der Waals surface area contributed by atoms with Crippen molar-refractivity contribution in [3.63, 3.8) is 0 Å². The van der Waals surface area contributed by atoms with Crippen LogP contribution in [0.25, 0.3) is 0 Å². The standard InChI is InChI=1S/C15H22N2O4/c1-10(2)8-16-14(19)9-17(3)15(20)12-6-5-11(21-4)7-13(12)18/h5-7,10,18H,8-9H2,1-4H3,(H,16,19). The fourth-order valence-corrected chi connectivity index (χ4v) is 1.69. The molecule has 0 bridgehead atoms. The molecule has 1 rings (SSSR count). The van der Waals surface area contributed by atoms with Gasteiger partial charge in [0.2, 0.25) is 5.91 Å². The molecule has 0 unspecified atom stereocenters. The van der Waals surface area contributed by atoms with Crippen LogP contribution in [0.5, 0.6) is 11.5 Å². The summed E-state index contributed by atoms with van der Waals surface area (Å²) in [5, 5.41) is 12.6. The van der Waals surface area contributed by atoms with Crippen molar-refractivity contribution in [3.8, 4) is 11.5 Å². The molecule has 116 valence electrons. The Morgan fingerprint density at radius 1 is 1.38 bits per heavy atom. The van der Waals surface area contributed by atoms with Gasteiger partial charge in [0.05, 0.1) is 19.2 Å². The third-order valence-electron chi connectivity index (χ3n) is 2.87. The van der Waals surface area contributed by atoms with E-state index in [1.165, 1.54) is 31.2 Å². The second kappa shape index (κ2) is 7.52. The highest BCUT2D eigenvalue weighted by Gasteiger charge is 2.18. The number of phenolic OH excluding ortho intramolecular Hbond substituents is 1. The number of hydrogen-bond donors (Lipinski definition) is 2. The first-order chi connectivity index (χ1) is 9.85. The highest BCUT2D eigenvalue weighted by Crippen LogP contribution is 2.24. The number of nitrogens with zero attached hydrogens (tertiary/aromatic N) is 1. The number of phenols is 1. The number of benzene rings is 1. The molecule has 6 nitrogen and oxygen atoms in total. The van der Waals surface area contributed by atoms with Crippen LogP contribution in [0.1, 0.15) is 24.2 Å². The summed E-state index contributed by atoms with van der Waals surface area (Å²) in [6.07, 6.45) is 0. The molecular weight excluding hydrogens is 272 g/mol. The van der Waals surface area contributed by atoms with Gasteiger partial charge in [-0.15, -0.1) is 0 Å². The number of hydrogen-bond acceptors (Lipinski definition) is 4. The van der Waals surface area contributed by atoms with Gasteiger partial charge in [-0.3, -0.25) is 9.59 Å². The van der Waals surface area contributed by atoms with E-state index in [4.69, 9.17) is 4.74 Å². The molecule has 0 radical (unpaired) electrons. The number of likely N-dealkylation sites (N-methyl/N-ethyl adjacent to an activating group) is 1. The van der Waals surface area contributed by atoms with E-state index in [1.807, 2.05) is 13.8 Å². The molecule has 6 heteroatoms. The third-order valence-corrected chi connectivity index (χ3v) is 2.87. The van der Waals surface area contributed by atoms with Gasteiger partial charge in [0.25, 0.3) is 5.91 Å². The minimum atomic E-state index is -0.421. The van der Waals surface area contributed by atoms with Gasteiger partial charge in [-0.05, 0) is 18.1 Å². The molecule has 0 spiro atoms. The van der Waals surface area contributed by atoms with E-state index in [1.54, 1.807) is 6.07 Å². The van der Waals surface area contributed by atoms with Crippen LogP contribution in [0.2, 0.25) is 0 Å². The zero-order valence-corrected chi connectivity index (χ0v) is 12.8. The van der Waals surface area contributed by atoms with E-state index in [9.17, 15) is 14.7 Å². The van der Waals surface area contributed by atoms with Crippen LogP contribution in [0.3, 0.4) is 0 Å². The van der Waals surface area contributed by atoms with Gasteiger partial charge in [-0.2, -0.15) is 0 Å². The van der Waals surface area contributed by atoms with Crippen molar-refractivity contribution < 1.29 is 19.4 Å². The predicted octanol–water partition coefficient (Wildman–Crippen LogP) is 1.24. The lowest BCUT2D eigenvalue weighted by Crippen LogP contribution is -2.39. The molecule has 0 aliphatic rings. The molecule has 0 aliphatic heterocycles. The van der Waals surface area contributed by atoms with Crippen LogP contribution >= 0.6 is 0 Å². The Kier molecular flexibility index (Phi) is 6.02. The number of carbonyl (C=O) groups is 2. The lowest BCUT2D eigenvalue weighted by Gasteiger charge is -2.18. The predicted molar refractivity (Wildman–Crippen MR) is 79.5 cm³/mol. The van der Waals surface area contributed by atoms with Crippen molar-refractivity contribution in [2.24, 2.45) is 5.92 Å². The van der Waals surface area contributed by atoms with Crippen LogP contribution in [0, 0.1) is 5.92 Å². The Balaban J connectivity index is 2.68. The monoisotopic (exact) mass is 294 g/mol. The number of carbonyl (C=O) groups excluding carboxylic acids is 2. The molecule has 0 aliphatic carbocycles. The first kappa shape index (κ1) is 16.8. The molecule has 0 saturated carbocycles. The molecule has 2 amide bonds. The molecule has 21 heavy (non-hydrogen) atoms. The zero-order chi connectivity index (χ0) is 16.0. The molecular formula is C15H22N2O4. The number of methoxy groups -OCH3 is 1. The summed E-state index contributed by atoms with van der Waals surface area (Å²) in [5.74, 6) is -0.0156. The van der Waals surface area contributed by atoms with Crippen molar-refractivity contribution in [3.05, 3.63) is 23.8 Å². The SMILES string of the molecule is COc1ccc(C(=O)N(C)CC(=O)NCC(C)C)c(O)c1. The molecule has 0 fully saturated rings. The number of aromatic hydroxyl groups is 1. The largest absolute Gasteiger partial charge is 0.507 e. The van der Waals surface area contributed by atoms with Crippen molar-refractivity contribution in [1.29, 1.82) is 0 Å². The smallest absolute Gasteiger partial charge is 0.257 e. The van der Waals surface area contributed by atoms with Gasteiger partial charge in [-0.1, -0.05) is 13.8 Å². The molecule has 2 N–H and O–H groups in total. The van der Waals surface area contributed by atoms with Crippen molar-refractivity contribution in [2.45, 2.75) is 13.8 Å². The zero-order valence-electron chi connectivity index (χ0n) is 12.8. The Morgan fingerprint density at radius 3 is 2.57 bits per heavy atom. The van der Waals surface area contributed by atoms with Crippen LogP contribution in [-0.4, -0.2) is 49.1 Å². The third kappa shape index (κ3) is 4.98. The second-order valence-electron chi connectivity index (χ2n) is 5.24. The quantitative estimate of drug-likeness (QED) is 0.827. The summed E-state index contributed by atoms with van der Waals surface area (Å²) in [6, 6.07) is 4.42. The van der Waals surface area contributed by atoms with Crippen molar-refractivity contribution in [2.75, 3.05) is 27.2 Å². The van der Waals surface area contributed by atoms with Gasteiger partial charge in [0.1, 0.15) is 11.5 Å². The summed E-state index contributed by atoms with van der Waals surface area (Å²) in [6.45, 7) is 4.49. The maximum atomic E-state index is 12.2. The highest BCUT2D eigenvalue weighted by atomic mass is 16.5. The highest BCUT2D eigenvalue weighted by molar-refractivity contribution is 5.98. The summed E-state index contributed by atoms with van der Waals surface area (Å²) in [5.41, 5.74) is 0.134. The first-order valence-corrected chi connectivity index (χ1v) is 6.74. The summed E-state index contributed by atoms with van der Waals surface area (Å²) < 4.78 is 4.96. The molecule has 0 saturated heterocycles. The Bertz CT molecular complexity index is 514. The molecule has 0 aromatic heterocycles. The Hall–Kier alpha value is -2.24. The normalized spacial score (nSPS) is 10.3. The van der Waals surface area contributed by atoms with Gasteiger partial charge < -0.3 is 20.1 Å². The minimum Gasteiger partial charge on any atom is -0.507 e. The molecule has 0 atom stereocenters. The van der Waals surface area contributed by atoms with Crippen molar-refractivity contribution >= 4 is 11.8 Å². The lowest BCUT2D eigenvalue weighted by atomic mass is 10.1. The minimum absolute atomic E-state index is 0.0585. The molecule has 1 aromatic carbocycles. The number of ether oxygens (including phenoxy) is 1. The summed E-state index contributed by atoms with van der Waals surface area (Å²) in [7, 11) is 2.99. The number of rotatable bonds is 6. The van der Waals surface area contributed by atoms with Gasteiger partial charge in [-0.25, -0.2) is 0 Å². The maximum Gasteiger partial charge on any atom is 0.257 e. The fraction of sp³-hybridized carbons (Fsp3) is 0.467. The maximum absolute atomic E-state index is 12.2. The van der Waals surface area contributed by atoms with E-state index < -0.39 is 5.91 Å². The van der Waals surface area contributed by atoms with E-state index >= 15 is 0 Å². The van der Waals surface area contributed by atoms with E-state index in [-0.39, 0.29) is 23.8 Å². The van der Waals surface area contributed by atoms with E-state index in [0.29, 0.717) is 18.2 Å². The van der Waals surface area contributed by atoms with Gasteiger partial charge in [0.15, 0.2) is 0 Å². The van der Waals surface area contributed by atoms with Gasteiger partial charge >= 0.3 is 0 Å². The average molecular weight is 294 g/mol. The Morgan fingerprint density at radius 2 is 2.05 bits per heavy atom. The van der Waals surface area contributed by atoms with Crippen molar-refractivity contribution in [1.82, 2.24) is 10.2 Å². The first-order valence-electron chi connectivity index (χ1n) is 6.74. The topological polar surface area (TPSA) is 78.9 Å². The molecule has 0 heterocycles. The number of amides is 2. The Labute approximate surface area is 124 Å². The number of nitrogens with one attached hydrogen (secondary N) is 1. The van der Waals surface area contributed by atoms with E-state index in [2.05, 4.69) is 5.32 Å². The lowest BCUT2D eigenvalue weighted by molar-refractivity contribution is -0.121. The molecule has 1 aromatic rings. The fourth-order valence-electron chi connectivity index (χ4n) is 1.69. The van der Waals surface area contributed by atoms with Crippen LogP contribution in [-0.2, 0) is 4.79 Å².